The highest BCUT2D eigenvalue weighted by molar-refractivity contribution is 7.10. The van der Waals surface area contributed by atoms with E-state index in [4.69, 9.17) is 5.73 Å². The van der Waals surface area contributed by atoms with Crippen LogP contribution in [-0.2, 0) is 11.2 Å². The predicted molar refractivity (Wildman–Crippen MR) is 97.8 cm³/mol. The van der Waals surface area contributed by atoms with Gasteiger partial charge in [-0.05, 0) is 48.6 Å². The van der Waals surface area contributed by atoms with E-state index >= 15 is 0 Å². The fourth-order valence-electron chi connectivity index (χ4n) is 3.82. The van der Waals surface area contributed by atoms with Crippen molar-refractivity contribution in [2.45, 2.75) is 25.3 Å². The number of quaternary nitrogens is 1. The van der Waals surface area contributed by atoms with E-state index in [1.807, 2.05) is 11.3 Å². The van der Waals surface area contributed by atoms with Gasteiger partial charge in [-0.15, -0.1) is 11.3 Å². The molecule has 4 rings (SSSR count). The second-order valence-electron chi connectivity index (χ2n) is 6.94. The number of primary amides is 1. The maximum atomic E-state index is 12.5. The van der Waals surface area contributed by atoms with Crippen LogP contribution in [0.15, 0.2) is 35.7 Å². The van der Waals surface area contributed by atoms with Gasteiger partial charge < -0.3 is 16.0 Å². The molecule has 0 spiro atoms. The summed E-state index contributed by atoms with van der Waals surface area (Å²) in [6.07, 6.45) is 3.62. The normalized spacial score (nSPS) is 22.2. The number of benzene rings is 1. The molecular weight excluding hydrogens is 334 g/mol. The third-order valence-electron chi connectivity index (χ3n) is 5.16. The van der Waals surface area contributed by atoms with Crippen LogP contribution in [0.3, 0.4) is 0 Å². The van der Waals surface area contributed by atoms with Crippen LogP contribution in [0.2, 0.25) is 0 Å². The topological polar surface area (TPSA) is 76.6 Å². The summed E-state index contributed by atoms with van der Waals surface area (Å²) in [6, 6.07) is 9.44. The summed E-state index contributed by atoms with van der Waals surface area (Å²) in [5.41, 5.74) is 7.85. The van der Waals surface area contributed by atoms with Gasteiger partial charge in [-0.1, -0.05) is 0 Å². The molecular formula is C19H22N3O2S+. The number of carbonyl (C=O) groups excluding carboxylic acids is 2. The van der Waals surface area contributed by atoms with Crippen molar-refractivity contribution in [3.63, 3.8) is 0 Å². The van der Waals surface area contributed by atoms with Crippen LogP contribution >= 0.6 is 11.3 Å². The molecule has 1 unspecified atom stereocenters. The highest BCUT2D eigenvalue weighted by Gasteiger charge is 2.43. The Balaban J connectivity index is 1.42. The summed E-state index contributed by atoms with van der Waals surface area (Å²) >= 11 is 1.85. The van der Waals surface area contributed by atoms with Crippen molar-refractivity contribution >= 4 is 28.8 Å². The van der Waals surface area contributed by atoms with E-state index in [1.54, 1.807) is 24.3 Å². The average Bonchev–Trinajstić information content (AvgIpc) is 3.31. The third-order valence-corrected chi connectivity index (χ3v) is 6.16. The number of hydrogen-bond acceptors (Lipinski definition) is 3. The summed E-state index contributed by atoms with van der Waals surface area (Å²) in [5.74, 6) is 0.284. The number of anilines is 1. The van der Waals surface area contributed by atoms with Crippen LogP contribution in [0, 0.1) is 5.92 Å². The minimum atomic E-state index is -0.463. The van der Waals surface area contributed by atoms with Crippen LogP contribution in [0.4, 0.5) is 5.69 Å². The lowest BCUT2D eigenvalue weighted by atomic mass is 9.96. The van der Waals surface area contributed by atoms with Gasteiger partial charge in [-0.3, -0.25) is 9.59 Å². The molecule has 25 heavy (non-hydrogen) atoms. The molecule has 1 aliphatic heterocycles. The Morgan fingerprint density at radius 2 is 1.96 bits per heavy atom. The molecule has 2 aromatic rings. The van der Waals surface area contributed by atoms with Gasteiger partial charge in [0.1, 0.15) is 6.04 Å². The lowest BCUT2D eigenvalue weighted by Crippen LogP contribution is -3.14. The van der Waals surface area contributed by atoms with E-state index in [2.05, 4.69) is 16.8 Å². The zero-order chi connectivity index (χ0) is 17.4. The number of nitrogens with two attached hydrogens (primary N) is 1. The second-order valence-corrected chi connectivity index (χ2v) is 7.94. The SMILES string of the molecule is NC(=O)c1ccc(NC(=O)C[NH+]2CCc3sccc3[C@@H]2C2CC2)cc1. The van der Waals surface area contributed by atoms with Gasteiger partial charge in [0.05, 0.1) is 6.54 Å². The fourth-order valence-corrected chi connectivity index (χ4v) is 4.75. The Morgan fingerprint density at radius 1 is 1.20 bits per heavy atom. The van der Waals surface area contributed by atoms with Gasteiger partial charge in [0.15, 0.2) is 6.54 Å². The second kappa shape index (κ2) is 6.61. The van der Waals surface area contributed by atoms with Crippen LogP contribution in [0.1, 0.15) is 39.7 Å². The number of nitrogens with one attached hydrogen (secondary N) is 2. The van der Waals surface area contributed by atoms with Gasteiger partial charge in [0.2, 0.25) is 5.91 Å². The van der Waals surface area contributed by atoms with Gasteiger partial charge in [0, 0.05) is 34.0 Å². The van der Waals surface area contributed by atoms with E-state index in [1.165, 1.54) is 28.2 Å². The van der Waals surface area contributed by atoms with Gasteiger partial charge in [-0.2, -0.15) is 0 Å². The first-order chi connectivity index (χ1) is 12.1. The third kappa shape index (κ3) is 3.45. The quantitative estimate of drug-likeness (QED) is 0.757. The molecule has 0 radical (unpaired) electrons. The lowest BCUT2D eigenvalue weighted by Gasteiger charge is -2.32. The maximum absolute atomic E-state index is 12.5. The number of thiophene rings is 1. The van der Waals surface area contributed by atoms with E-state index in [0.717, 1.165) is 18.9 Å². The number of hydrogen-bond donors (Lipinski definition) is 3. The molecule has 2 heterocycles. The molecule has 2 amide bonds. The van der Waals surface area contributed by atoms with Crippen LogP contribution < -0.4 is 16.0 Å². The minimum absolute atomic E-state index is 0.0196. The average molecular weight is 356 g/mol. The summed E-state index contributed by atoms with van der Waals surface area (Å²) in [4.78, 5) is 26.5. The molecule has 0 bridgehead atoms. The van der Waals surface area contributed by atoms with Gasteiger partial charge in [0.25, 0.3) is 5.91 Å². The lowest BCUT2D eigenvalue weighted by molar-refractivity contribution is -0.928. The zero-order valence-corrected chi connectivity index (χ0v) is 14.8. The number of rotatable bonds is 5. The zero-order valence-electron chi connectivity index (χ0n) is 14.0. The standard InChI is InChI=1S/C19H21N3O2S/c20-19(24)13-3-5-14(6-4-13)21-17(23)11-22-9-7-16-15(8-10-25-16)18(22)12-1-2-12/h3-6,8,10,12,18H,1-2,7,9,11H2,(H2,20,24)(H,21,23)/p+1/t18-/m0/s1. The van der Waals surface area contributed by atoms with Crippen molar-refractivity contribution in [3.8, 4) is 0 Å². The molecule has 1 aliphatic carbocycles. The van der Waals surface area contributed by atoms with Crippen molar-refractivity contribution in [3.05, 3.63) is 51.7 Å². The first-order valence-electron chi connectivity index (χ1n) is 8.72. The first-order valence-corrected chi connectivity index (χ1v) is 9.60. The highest BCUT2D eigenvalue weighted by Crippen LogP contribution is 2.42. The fraction of sp³-hybridized carbons (Fsp3) is 0.368. The van der Waals surface area contributed by atoms with E-state index in [0.29, 0.717) is 23.8 Å². The van der Waals surface area contributed by atoms with E-state index in [9.17, 15) is 9.59 Å². The van der Waals surface area contributed by atoms with Crippen molar-refractivity contribution in [1.29, 1.82) is 0 Å². The van der Waals surface area contributed by atoms with E-state index in [-0.39, 0.29) is 5.91 Å². The van der Waals surface area contributed by atoms with Crippen LogP contribution in [0.5, 0.6) is 0 Å². The van der Waals surface area contributed by atoms with Crippen molar-refractivity contribution in [1.82, 2.24) is 0 Å². The molecule has 0 saturated heterocycles. The maximum Gasteiger partial charge on any atom is 0.279 e. The van der Waals surface area contributed by atoms with Crippen molar-refractivity contribution in [2.75, 3.05) is 18.4 Å². The largest absolute Gasteiger partial charge is 0.366 e. The van der Waals surface area contributed by atoms with Crippen molar-refractivity contribution in [2.24, 2.45) is 11.7 Å². The summed E-state index contributed by atoms with van der Waals surface area (Å²) < 4.78 is 0. The van der Waals surface area contributed by atoms with E-state index < -0.39 is 5.91 Å². The Morgan fingerprint density at radius 3 is 2.64 bits per heavy atom. The summed E-state index contributed by atoms with van der Waals surface area (Å²) in [5, 5.41) is 5.13. The monoisotopic (exact) mass is 356 g/mol. The van der Waals surface area contributed by atoms with Crippen molar-refractivity contribution < 1.29 is 14.5 Å². The molecule has 2 aliphatic rings. The van der Waals surface area contributed by atoms with Crippen LogP contribution in [-0.4, -0.2) is 24.9 Å². The smallest absolute Gasteiger partial charge is 0.279 e. The molecule has 1 saturated carbocycles. The molecule has 1 aromatic heterocycles. The Bertz CT molecular complexity index is 795. The van der Waals surface area contributed by atoms with Gasteiger partial charge >= 0.3 is 0 Å². The molecule has 130 valence electrons. The molecule has 1 fully saturated rings. The summed E-state index contributed by atoms with van der Waals surface area (Å²) in [7, 11) is 0. The Hall–Kier alpha value is -2.18. The minimum Gasteiger partial charge on any atom is -0.366 e. The Labute approximate surface area is 150 Å². The Kier molecular flexibility index (Phi) is 4.31. The van der Waals surface area contributed by atoms with Gasteiger partial charge in [-0.25, -0.2) is 0 Å². The summed E-state index contributed by atoms with van der Waals surface area (Å²) in [6.45, 7) is 1.50. The molecule has 1 aromatic carbocycles. The molecule has 2 atom stereocenters. The highest BCUT2D eigenvalue weighted by atomic mass is 32.1. The first kappa shape index (κ1) is 16.3. The molecule has 4 N–H and O–H groups in total. The molecule has 5 nitrogen and oxygen atoms in total. The number of carbonyl (C=O) groups is 2. The predicted octanol–water partition coefficient (Wildman–Crippen LogP) is 1.38. The number of fused-ring (bicyclic) bond motifs is 1. The molecule has 6 heteroatoms. The number of amides is 2. The van der Waals surface area contributed by atoms with Crippen LogP contribution in [0.25, 0.3) is 0 Å².